The largest absolute Gasteiger partial charge is 0.455 e. The van der Waals surface area contributed by atoms with Crippen LogP contribution in [0.3, 0.4) is 0 Å². The molecule has 4 nitrogen and oxygen atoms in total. The van der Waals surface area contributed by atoms with Gasteiger partial charge in [0.15, 0.2) is 17.5 Å². The van der Waals surface area contributed by atoms with Crippen LogP contribution >= 0.6 is 0 Å². The van der Waals surface area contributed by atoms with Gasteiger partial charge in [-0.25, -0.2) is 15.0 Å². The van der Waals surface area contributed by atoms with Crippen molar-refractivity contribution >= 4 is 54.3 Å². The average molecular weight is 854 g/mol. The van der Waals surface area contributed by atoms with Crippen molar-refractivity contribution in [2.75, 3.05) is 0 Å². The summed E-state index contributed by atoms with van der Waals surface area (Å²) in [5.41, 5.74) is 13.3. The van der Waals surface area contributed by atoms with Crippen molar-refractivity contribution in [3.8, 4) is 78.7 Å². The molecule has 0 N–H and O–H groups in total. The van der Waals surface area contributed by atoms with E-state index < -0.39 is 0 Å². The maximum atomic E-state index is 6.42. The molecule has 0 atom stereocenters. The Kier molecular flexibility index (Phi) is 9.14. The molecule has 0 amide bonds. The Balaban J connectivity index is 0.936. The molecular formula is C63H39N3O. The van der Waals surface area contributed by atoms with E-state index >= 15 is 0 Å². The Bertz CT molecular complexity index is 4040. The number of hydrogen-bond acceptors (Lipinski definition) is 4. The van der Waals surface area contributed by atoms with Gasteiger partial charge in [0.1, 0.15) is 11.2 Å². The van der Waals surface area contributed by atoms with Gasteiger partial charge < -0.3 is 4.42 Å². The number of benzene rings is 11. The van der Waals surface area contributed by atoms with Crippen LogP contribution in [0, 0.1) is 0 Å². The lowest BCUT2D eigenvalue weighted by Gasteiger charge is -2.15. The summed E-state index contributed by atoms with van der Waals surface area (Å²) >= 11 is 0. The maximum Gasteiger partial charge on any atom is 0.164 e. The lowest BCUT2D eigenvalue weighted by molar-refractivity contribution is 0.670. The molecule has 0 aliphatic carbocycles. The molecule has 0 aliphatic rings. The number of nitrogens with zero attached hydrogens (tertiary/aromatic N) is 3. The smallest absolute Gasteiger partial charge is 0.164 e. The Morgan fingerprint density at radius 2 is 0.791 bits per heavy atom. The third-order valence-corrected chi connectivity index (χ3v) is 13.1. The molecule has 0 fully saturated rings. The molecule has 13 aromatic rings. The first-order chi connectivity index (χ1) is 33.2. The molecule has 67 heavy (non-hydrogen) atoms. The van der Waals surface area contributed by atoms with E-state index in [9.17, 15) is 0 Å². The highest BCUT2D eigenvalue weighted by atomic mass is 16.3. The second-order valence-corrected chi connectivity index (χ2v) is 17.1. The maximum absolute atomic E-state index is 6.42. The van der Waals surface area contributed by atoms with Crippen molar-refractivity contribution in [2.24, 2.45) is 0 Å². The molecule has 0 spiro atoms. The third kappa shape index (κ3) is 6.74. The molecule has 0 saturated carbocycles. The number of hydrogen-bond donors (Lipinski definition) is 0. The van der Waals surface area contributed by atoms with Crippen molar-refractivity contribution in [2.45, 2.75) is 0 Å². The monoisotopic (exact) mass is 853 g/mol. The number of aromatic nitrogens is 3. The van der Waals surface area contributed by atoms with Crippen LogP contribution in [0.25, 0.3) is 133 Å². The normalized spacial score (nSPS) is 11.6. The van der Waals surface area contributed by atoms with E-state index in [-0.39, 0.29) is 0 Å². The van der Waals surface area contributed by atoms with Gasteiger partial charge in [0.05, 0.1) is 0 Å². The van der Waals surface area contributed by atoms with E-state index in [1.54, 1.807) is 0 Å². The molecule has 312 valence electrons. The van der Waals surface area contributed by atoms with Crippen LogP contribution in [0.2, 0.25) is 0 Å². The van der Waals surface area contributed by atoms with Crippen molar-refractivity contribution in [1.29, 1.82) is 0 Å². The van der Waals surface area contributed by atoms with Crippen molar-refractivity contribution in [3.63, 3.8) is 0 Å². The van der Waals surface area contributed by atoms with Crippen molar-refractivity contribution in [1.82, 2.24) is 15.0 Å². The fourth-order valence-electron chi connectivity index (χ4n) is 9.90. The van der Waals surface area contributed by atoms with Gasteiger partial charge in [-0.1, -0.05) is 212 Å². The van der Waals surface area contributed by atoms with Gasteiger partial charge >= 0.3 is 0 Å². The first kappa shape index (κ1) is 38.5. The average Bonchev–Trinajstić information content (AvgIpc) is 3.79. The van der Waals surface area contributed by atoms with Crippen molar-refractivity contribution < 1.29 is 4.42 Å². The Hall–Kier alpha value is -8.99. The molecule has 0 radical (unpaired) electrons. The van der Waals surface area contributed by atoms with E-state index in [0.717, 1.165) is 72.0 Å². The summed E-state index contributed by atoms with van der Waals surface area (Å²) in [5.74, 6) is 1.81. The molecule has 0 saturated heterocycles. The first-order valence-corrected chi connectivity index (χ1v) is 22.7. The molecular weight excluding hydrogens is 815 g/mol. The van der Waals surface area contributed by atoms with Crippen molar-refractivity contribution in [3.05, 3.63) is 237 Å². The Labute approximate surface area is 387 Å². The van der Waals surface area contributed by atoms with Crippen LogP contribution in [-0.4, -0.2) is 15.0 Å². The minimum Gasteiger partial charge on any atom is -0.455 e. The standard InChI is InChI=1S/C63H39N3O/c1-2-15-40(16-3-1)49-23-8-9-27-56(49)63-65-61(43-33-31-42(32-34-43)52-28-14-29-55-53-26-10-11-30-58(53)67-60(52)55)64-62(66-63)48-22-13-20-45(38-48)44-19-12-21-47(37-44)59-51-25-7-5-18-46(51)39-57-50-24-6-4-17-41(50)35-36-54(57)59/h1-39H. The number of furan rings is 1. The van der Waals surface area contributed by atoms with E-state index in [0.29, 0.717) is 17.5 Å². The quantitative estimate of drug-likeness (QED) is 0.118. The van der Waals surface area contributed by atoms with Crippen LogP contribution in [0.1, 0.15) is 0 Å². The fourth-order valence-corrected chi connectivity index (χ4v) is 9.90. The fraction of sp³-hybridized carbons (Fsp3) is 0. The molecule has 0 bridgehead atoms. The molecule has 11 aromatic carbocycles. The Morgan fingerprint density at radius 3 is 1.61 bits per heavy atom. The summed E-state index contributed by atoms with van der Waals surface area (Å²) in [6.45, 7) is 0. The van der Waals surface area contributed by atoms with Crippen LogP contribution < -0.4 is 0 Å². The second-order valence-electron chi connectivity index (χ2n) is 17.1. The SMILES string of the molecule is c1ccc(-c2ccccc2-c2nc(-c3ccc(-c4cccc5c4oc4ccccc45)cc3)nc(-c3cccc(-c4cccc(-c5c6ccccc6cc6c5ccc5ccccc56)c4)c3)n2)cc1. The molecule has 13 rings (SSSR count). The highest BCUT2D eigenvalue weighted by Gasteiger charge is 2.18. The zero-order valence-electron chi connectivity index (χ0n) is 36.3. The third-order valence-electron chi connectivity index (χ3n) is 13.1. The van der Waals surface area contributed by atoms with Gasteiger partial charge in [-0.3, -0.25) is 0 Å². The predicted molar refractivity (Wildman–Crippen MR) is 278 cm³/mol. The molecule has 2 aromatic heterocycles. The minimum absolute atomic E-state index is 0.596. The molecule has 4 heteroatoms. The van der Waals surface area contributed by atoms with E-state index in [2.05, 4.69) is 212 Å². The predicted octanol–water partition coefficient (Wildman–Crippen LogP) is 16.9. The first-order valence-electron chi connectivity index (χ1n) is 22.7. The second kappa shape index (κ2) is 15.9. The molecule has 0 unspecified atom stereocenters. The van der Waals surface area contributed by atoms with Gasteiger partial charge in [0.2, 0.25) is 0 Å². The highest BCUT2D eigenvalue weighted by molar-refractivity contribution is 6.20. The number of rotatable bonds is 7. The lowest BCUT2D eigenvalue weighted by atomic mass is 9.89. The van der Waals surface area contributed by atoms with Crippen LogP contribution in [0.5, 0.6) is 0 Å². The zero-order chi connectivity index (χ0) is 44.3. The summed E-state index contributed by atoms with van der Waals surface area (Å²) < 4.78 is 6.42. The van der Waals surface area contributed by atoms with Gasteiger partial charge in [0.25, 0.3) is 0 Å². The summed E-state index contributed by atoms with van der Waals surface area (Å²) in [6.07, 6.45) is 0. The van der Waals surface area contributed by atoms with Crippen LogP contribution in [0.15, 0.2) is 241 Å². The topological polar surface area (TPSA) is 51.8 Å². The van der Waals surface area contributed by atoms with E-state index in [4.69, 9.17) is 19.4 Å². The zero-order valence-corrected chi connectivity index (χ0v) is 36.3. The molecule has 2 heterocycles. The number of fused-ring (bicyclic) bond motifs is 7. The van der Waals surface area contributed by atoms with E-state index in [1.165, 1.54) is 43.4 Å². The van der Waals surface area contributed by atoms with Gasteiger partial charge in [-0.15, -0.1) is 0 Å². The minimum atomic E-state index is 0.596. The summed E-state index contributed by atoms with van der Waals surface area (Å²) in [6, 6.07) is 83.6. The highest BCUT2D eigenvalue weighted by Crippen LogP contribution is 2.42. The van der Waals surface area contributed by atoms with Crippen LogP contribution in [-0.2, 0) is 0 Å². The van der Waals surface area contributed by atoms with Gasteiger partial charge in [0, 0.05) is 33.0 Å². The lowest BCUT2D eigenvalue weighted by Crippen LogP contribution is -2.01. The van der Waals surface area contributed by atoms with E-state index in [1.807, 2.05) is 24.3 Å². The summed E-state index contributed by atoms with van der Waals surface area (Å²) in [4.78, 5) is 15.7. The Morgan fingerprint density at radius 1 is 0.254 bits per heavy atom. The van der Waals surface area contributed by atoms with Gasteiger partial charge in [-0.2, -0.15) is 0 Å². The van der Waals surface area contributed by atoms with Crippen LogP contribution in [0.4, 0.5) is 0 Å². The molecule has 0 aliphatic heterocycles. The summed E-state index contributed by atoms with van der Waals surface area (Å²) in [5, 5.41) is 9.67. The number of para-hydroxylation sites is 2. The van der Waals surface area contributed by atoms with Gasteiger partial charge in [-0.05, 0) is 95.5 Å². The summed E-state index contributed by atoms with van der Waals surface area (Å²) in [7, 11) is 0.